The first-order valence-electron chi connectivity index (χ1n) is 8.59. The van der Waals surface area contributed by atoms with Gasteiger partial charge in [0, 0.05) is 12.1 Å². The highest BCUT2D eigenvalue weighted by Crippen LogP contribution is 2.36. The standard InChI is InChI=1S/C19H15N3O6/c1-11(21-18(24)13-4-2-3-5-14(13)19(21)25)17(23)20-8-9-28-16-7-6-12(22(26)27)10-15(16)20/h2-7,10-11H,8-9H2,1H3. The van der Waals surface area contributed by atoms with Gasteiger partial charge in [0.25, 0.3) is 17.5 Å². The molecule has 0 spiro atoms. The number of nitro benzene ring substituents is 1. The number of amides is 3. The minimum atomic E-state index is -1.07. The highest BCUT2D eigenvalue weighted by Gasteiger charge is 2.42. The molecule has 0 N–H and O–H groups in total. The third-order valence-corrected chi connectivity index (χ3v) is 4.85. The summed E-state index contributed by atoms with van der Waals surface area (Å²) in [7, 11) is 0. The number of rotatable bonds is 3. The van der Waals surface area contributed by atoms with Gasteiger partial charge >= 0.3 is 0 Å². The predicted molar refractivity (Wildman–Crippen MR) is 97.3 cm³/mol. The number of hydrogen-bond donors (Lipinski definition) is 0. The first kappa shape index (κ1) is 17.7. The van der Waals surface area contributed by atoms with Gasteiger partial charge in [-0.05, 0) is 25.1 Å². The number of hydrogen-bond acceptors (Lipinski definition) is 6. The minimum absolute atomic E-state index is 0.153. The third kappa shape index (κ3) is 2.59. The first-order valence-corrected chi connectivity index (χ1v) is 8.59. The highest BCUT2D eigenvalue weighted by molar-refractivity contribution is 6.23. The van der Waals surface area contributed by atoms with Crippen LogP contribution in [-0.2, 0) is 4.79 Å². The van der Waals surface area contributed by atoms with E-state index in [4.69, 9.17) is 4.74 Å². The Morgan fingerprint density at radius 2 is 1.79 bits per heavy atom. The van der Waals surface area contributed by atoms with E-state index < -0.39 is 28.7 Å². The van der Waals surface area contributed by atoms with Crippen molar-refractivity contribution in [3.05, 3.63) is 63.7 Å². The summed E-state index contributed by atoms with van der Waals surface area (Å²) in [6, 6.07) is 9.29. The van der Waals surface area contributed by atoms with E-state index in [1.807, 2.05) is 0 Å². The number of carbonyl (C=O) groups excluding carboxylic acids is 3. The van der Waals surface area contributed by atoms with Gasteiger partial charge in [-0.1, -0.05) is 12.1 Å². The van der Waals surface area contributed by atoms with Gasteiger partial charge in [0.1, 0.15) is 18.4 Å². The average Bonchev–Trinajstić information content (AvgIpc) is 2.96. The van der Waals surface area contributed by atoms with Crippen molar-refractivity contribution in [1.29, 1.82) is 0 Å². The second-order valence-electron chi connectivity index (χ2n) is 6.45. The number of carbonyl (C=O) groups is 3. The van der Waals surface area contributed by atoms with Crippen molar-refractivity contribution < 1.29 is 24.0 Å². The molecule has 1 atom stereocenters. The summed E-state index contributed by atoms with van der Waals surface area (Å²) < 4.78 is 5.47. The Labute approximate surface area is 159 Å². The molecule has 2 aromatic carbocycles. The van der Waals surface area contributed by atoms with Crippen LogP contribution in [0.4, 0.5) is 11.4 Å². The molecule has 0 bridgehead atoms. The van der Waals surface area contributed by atoms with E-state index in [9.17, 15) is 24.5 Å². The fourth-order valence-electron chi connectivity index (χ4n) is 3.44. The fraction of sp³-hybridized carbons (Fsp3) is 0.211. The number of non-ortho nitro benzene ring substituents is 1. The zero-order valence-corrected chi connectivity index (χ0v) is 14.8. The Bertz CT molecular complexity index is 999. The number of anilines is 1. The van der Waals surface area contributed by atoms with Gasteiger partial charge in [0.05, 0.1) is 28.3 Å². The summed E-state index contributed by atoms with van der Waals surface area (Å²) in [4.78, 5) is 51.2. The van der Waals surface area contributed by atoms with Crippen LogP contribution in [0.2, 0.25) is 0 Å². The molecule has 2 aliphatic heterocycles. The van der Waals surface area contributed by atoms with Crippen LogP contribution in [0.25, 0.3) is 0 Å². The lowest BCUT2D eigenvalue weighted by Gasteiger charge is -2.33. The molecule has 0 aliphatic carbocycles. The lowest BCUT2D eigenvalue weighted by molar-refractivity contribution is -0.384. The number of benzene rings is 2. The molecule has 2 aliphatic rings. The second kappa shape index (κ2) is 6.45. The quantitative estimate of drug-likeness (QED) is 0.457. The minimum Gasteiger partial charge on any atom is -0.490 e. The molecule has 142 valence electrons. The molecule has 1 unspecified atom stereocenters. The van der Waals surface area contributed by atoms with Crippen LogP contribution in [0.1, 0.15) is 27.6 Å². The van der Waals surface area contributed by atoms with Gasteiger partial charge in [0.2, 0.25) is 5.91 Å². The van der Waals surface area contributed by atoms with Crippen molar-refractivity contribution in [1.82, 2.24) is 4.90 Å². The summed E-state index contributed by atoms with van der Waals surface area (Å²) in [5.74, 6) is -1.25. The summed E-state index contributed by atoms with van der Waals surface area (Å²) in [5, 5.41) is 11.1. The lowest BCUT2D eigenvalue weighted by Crippen LogP contribution is -2.51. The van der Waals surface area contributed by atoms with Gasteiger partial charge in [-0.15, -0.1) is 0 Å². The van der Waals surface area contributed by atoms with Crippen LogP contribution in [0.5, 0.6) is 5.75 Å². The van der Waals surface area contributed by atoms with Crippen LogP contribution >= 0.6 is 0 Å². The Hall–Kier alpha value is -3.75. The molecule has 0 saturated heterocycles. The molecule has 9 nitrogen and oxygen atoms in total. The van der Waals surface area contributed by atoms with E-state index in [2.05, 4.69) is 0 Å². The predicted octanol–water partition coefficient (Wildman–Crippen LogP) is 2.00. The SMILES string of the molecule is CC(C(=O)N1CCOc2ccc([N+](=O)[O-])cc21)N1C(=O)c2ccccc2C1=O. The van der Waals surface area contributed by atoms with Crippen molar-refractivity contribution in [2.75, 3.05) is 18.1 Å². The highest BCUT2D eigenvalue weighted by atomic mass is 16.6. The zero-order chi connectivity index (χ0) is 20.0. The van der Waals surface area contributed by atoms with Crippen molar-refractivity contribution in [3.8, 4) is 5.75 Å². The van der Waals surface area contributed by atoms with E-state index in [-0.39, 0.29) is 35.7 Å². The van der Waals surface area contributed by atoms with Gasteiger partial charge in [-0.2, -0.15) is 0 Å². The van der Waals surface area contributed by atoms with Crippen LogP contribution in [0.3, 0.4) is 0 Å². The molecule has 2 heterocycles. The summed E-state index contributed by atoms with van der Waals surface area (Å²) in [6.45, 7) is 1.82. The Morgan fingerprint density at radius 1 is 1.14 bits per heavy atom. The summed E-state index contributed by atoms with van der Waals surface area (Å²) in [6.07, 6.45) is 0. The van der Waals surface area contributed by atoms with E-state index in [1.165, 1.54) is 30.0 Å². The lowest BCUT2D eigenvalue weighted by atomic mass is 10.1. The van der Waals surface area contributed by atoms with Gasteiger partial charge in [0.15, 0.2) is 0 Å². The average molecular weight is 381 g/mol. The van der Waals surface area contributed by atoms with Crippen LogP contribution in [0, 0.1) is 10.1 Å². The molecule has 4 rings (SSSR count). The number of fused-ring (bicyclic) bond motifs is 2. The molecule has 0 fully saturated rings. The smallest absolute Gasteiger partial charge is 0.271 e. The van der Waals surface area contributed by atoms with Crippen LogP contribution in [-0.4, -0.2) is 46.7 Å². The first-order chi connectivity index (χ1) is 13.4. The maximum Gasteiger partial charge on any atom is 0.271 e. The molecular formula is C19H15N3O6. The summed E-state index contributed by atoms with van der Waals surface area (Å²) >= 11 is 0. The Balaban J connectivity index is 1.66. The van der Waals surface area contributed by atoms with E-state index >= 15 is 0 Å². The molecule has 9 heteroatoms. The maximum atomic E-state index is 13.1. The molecule has 0 saturated carbocycles. The molecular weight excluding hydrogens is 366 g/mol. The van der Waals surface area contributed by atoms with Crippen LogP contribution < -0.4 is 9.64 Å². The molecule has 0 radical (unpaired) electrons. The molecule has 28 heavy (non-hydrogen) atoms. The van der Waals surface area contributed by atoms with Crippen LogP contribution in [0.15, 0.2) is 42.5 Å². The molecule has 0 aromatic heterocycles. The molecule has 3 amide bonds. The van der Waals surface area contributed by atoms with Crippen molar-refractivity contribution >= 4 is 29.1 Å². The Kier molecular flexibility index (Phi) is 4.07. The van der Waals surface area contributed by atoms with Gasteiger partial charge < -0.3 is 9.64 Å². The van der Waals surface area contributed by atoms with Gasteiger partial charge in [-0.25, -0.2) is 0 Å². The van der Waals surface area contributed by atoms with E-state index in [0.29, 0.717) is 5.75 Å². The van der Waals surface area contributed by atoms with Crippen molar-refractivity contribution in [2.24, 2.45) is 0 Å². The maximum absolute atomic E-state index is 13.1. The normalized spacial score (nSPS) is 16.3. The number of nitrogens with zero attached hydrogens (tertiary/aromatic N) is 3. The second-order valence-corrected chi connectivity index (χ2v) is 6.45. The van der Waals surface area contributed by atoms with E-state index in [0.717, 1.165) is 4.90 Å². The monoisotopic (exact) mass is 381 g/mol. The Morgan fingerprint density at radius 3 is 2.39 bits per heavy atom. The van der Waals surface area contributed by atoms with Gasteiger partial charge in [-0.3, -0.25) is 29.4 Å². The third-order valence-electron chi connectivity index (χ3n) is 4.85. The van der Waals surface area contributed by atoms with Crippen molar-refractivity contribution in [3.63, 3.8) is 0 Å². The van der Waals surface area contributed by atoms with E-state index in [1.54, 1.807) is 24.3 Å². The molecule has 2 aromatic rings. The number of imide groups is 1. The largest absolute Gasteiger partial charge is 0.490 e. The zero-order valence-electron chi connectivity index (χ0n) is 14.8. The fourth-order valence-corrected chi connectivity index (χ4v) is 3.44. The topological polar surface area (TPSA) is 110 Å². The number of ether oxygens (including phenoxy) is 1. The summed E-state index contributed by atoms with van der Waals surface area (Å²) in [5.41, 5.74) is 0.569. The number of nitro groups is 1. The van der Waals surface area contributed by atoms with Crippen molar-refractivity contribution in [2.45, 2.75) is 13.0 Å².